The van der Waals surface area contributed by atoms with Crippen LogP contribution in [0.3, 0.4) is 0 Å². The van der Waals surface area contributed by atoms with Gasteiger partial charge in [-0.05, 0) is 98.2 Å². The van der Waals surface area contributed by atoms with Gasteiger partial charge in [0.2, 0.25) is 0 Å². The van der Waals surface area contributed by atoms with E-state index in [1.165, 1.54) is 31.3 Å². The van der Waals surface area contributed by atoms with Crippen LogP contribution < -0.4 is 0 Å². The summed E-state index contributed by atoms with van der Waals surface area (Å²) in [4.78, 5) is 12.7. The average molecular weight is 499 g/mol. The molecule has 0 unspecified atom stereocenters. The van der Waals surface area contributed by atoms with Crippen LogP contribution >= 0.6 is 0 Å². The summed E-state index contributed by atoms with van der Waals surface area (Å²) in [6.45, 7) is 19.6. The molecule has 2 N–H and O–H groups in total. The number of allylic oxidation sites excluding steroid dienone is 1. The summed E-state index contributed by atoms with van der Waals surface area (Å²) in [7, 11) is 0. The Kier molecular flexibility index (Phi) is 7.99. The van der Waals surface area contributed by atoms with Gasteiger partial charge in [0.1, 0.15) is 6.10 Å². The highest BCUT2D eigenvalue weighted by molar-refractivity contribution is 5.87. The molecular formula is C32H50O4. The number of hydrogen-bond donors (Lipinski definition) is 2. The Hall–Kier alpha value is -1.39. The predicted octanol–water partition coefficient (Wildman–Crippen LogP) is 6.63. The molecule has 0 bridgehead atoms. The van der Waals surface area contributed by atoms with Crippen molar-refractivity contribution in [3.05, 3.63) is 36.0 Å². The lowest BCUT2D eigenvalue weighted by Gasteiger charge is -2.60. The first-order valence-corrected chi connectivity index (χ1v) is 14.4. The third-order valence-corrected chi connectivity index (χ3v) is 11.4. The van der Waals surface area contributed by atoms with E-state index in [2.05, 4.69) is 46.9 Å². The van der Waals surface area contributed by atoms with E-state index in [0.717, 1.165) is 24.8 Å². The summed E-state index contributed by atoms with van der Waals surface area (Å²) in [5.74, 6) is 3.01. The van der Waals surface area contributed by atoms with Crippen molar-refractivity contribution < 1.29 is 19.7 Å². The summed E-state index contributed by atoms with van der Waals surface area (Å²) in [5, 5.41) is 19.7. The molecule has 0 amide bonds. The molecule has 10 atom stereocenters. The second kappa shape index (κ2) is 10.4. The minimum atomic E-state index is -0.378. The second-order valence-electron chi connectivity index (χ2n) is 13.4. The van der Waals surface area contributed by atoms with Gasteiger partial charge in [0.25, 0.3) is 0 Å². The molecule has 4 nitrogen and oxygen atoms in total. The zero-order valence-corrected chi connectivity index (χ0v) is 23.4. The summed E-state index contributed by atoms with van der Waals surface area (Å²) >= 11 is 0. The molecule has 0 aromatic carbocycles. The van der Waals surface area contributed by atoms with Gasteiger partial charge in [0, 0.05) is 25.0 Å². The van der Waals surface area contributed by atoms with E-state index in [1.54, 1.807) is 0 Å². The molecule has 3 saturated carbocycles. The van der Waals surface area contributed by atoms with Gasteiger partial charge in [-0.1, -0.05) is 51.5 Å². The lowest BCUT2D eigenvalue weighted by Crippen LogP contribution is -2.53. The van der Waals surface area contributed by atoms with Crippen molar-refractivity contribution in [3.8, 4) is 0 Å². The number of aliphatic hydroxyl groups excluding tert-OH is 2. The van der Waals surface area contributed by atoms with Crippen LogP contribution in [0.1, 0.15) is 92.4 Å². The van der Waals surface area contributed by atoms with Gasteiger partial charge in [-0.25, -0.2) is 4.79 Å². The number of hydrogen-bond acceptors (Lipinski definition) is 4. The Morgan fingerprint density at radius 3 is 2.61 bits per heavy atom. The molecule has 0 radical (unpaired) electrons. The van der Waals surface area contributed by atoms with Crippen LogP contribution in [0.4, 0.5) is 0 Å². The number of carbonyl (C=O) groups excluding carboxylic acids is 1. The first kappa shape index (κ1) is 27.6. The highest BCUT2D eigenvalue weighted by atomic mass is 16.5. The number of aliphatic hydroxyl groups is 2. The van der Waals surface area contributed by atoms with Gasteiger partial charge < -0.3 is 14.9 Å². The van der Waals surface area contributed by atoms with Crippen LogP contribution in [0.25, 0.3) is 0 Å². The first-order valence-electron chi connectivity index (χ1n) is 14.4. The fourth-order valence-corrected chi connectivity index (χ4v) is 9.37. The SMILES string of the molecule is C=C(C)C[C@@H](OC(=O)C(=C)CCO)[C@@H](C)[C@H]1CC[C@H]2[C@@H]3CC=C4C[C@@H](O)C[C@H](C)[C@]4(C)[C@H]3CC[C@]12C. The van der Waals surface area contributed by atoms with Crippen molar-refractivity contribution >= 4 is 5.97 Å². The Balaban J connectivity index is 1.55. The van der Waals surface area contributed by atoms with Crippen LogP contribution in [-0.2, 0) is 9.53 Å². The molecule has 202 valence electrons. The summed E-state index contributed by atoms with van der Waals surface area (Å²) in [6.07, 6.45) is 10.9. The van der Waals surface area contributed by atoms with Crippen molar-refractivity contribution in [2.24, 2.45) is 46.3 Å². The smallest absolute Gasteiger partial charge is 0.333 e. The quantitative estimate of drug-likeness (QED) is 0.224. The maximum absolute atomic E-state index is 12.7. The number of rotatable bonds is 8. The molecule has 0 spiro atoms. The van der Waals surface area contributed by atoms with E-state index in [9.17, 15) is 15.0 Å². The highest BCUT2D eigenvalue weighted by Gasteiger charge is 2.60. The van der Waals surface area contributed by atoms with E-state index in [1.807, 2.05) is 6.92 Å². The molecule has 3 fully saturated rings. The molecule has 0 aliphatic heterocycles. The zero-order valence-electron chi connectivity index (χ0n) is 23.4. The Morgan fingerprint density at radius 1 is 1.22 bits per heavy atom. The standard InChI is InChI=1S/C32H50O4/c1-19(2)16-29(36-30(35)20(3)13-15-33)22(5)26-10-11-27-25-9-8-23-18-24(34)17-21(4)32(23,7)28(25)12-14-31(26,27)6/h8,21-22,24-29,33-34H,1,3,9-18H2,2,4-7H3/t21-,22-,24-,25-,26+,27-,28-,29+,31+,32-/m0/s1. The van der Waals surface area contributed by atoms with Crippen LogP contribution in [0.5, 0.6) is 0 Å². The van der Waals surface area contributed by atoms with Crippen molar-refractivity contribution in [1.29, 1.82) is 0 Å². The Labute approximate surface area is 219 Å². The van der Waals surface area contributed by atoms with Gasteiger partial charge in [0.15, 0.2) is 0 Å². The number of carbonyl (C=O) groups is 1. The monoisotopic (exact) mass is 498 g/mol. The van der Waals surface area contributed by atoms with Crippen molar-refractivity contribution in [2.75, 3.05) is 6.61 Å². The average Bonchev–Trinajstić information content (AvgIpc) is 3.16. The van der Waals surface area contributed by atoms with E-state index < -0.39 is 0 Å². The normalized spacial score (nSPS) is 41.2. The predicted molar refractivity (Wildman–Crippen MR) is 145 cm³/mol. The summed E-state index contributed by atoms with van der Waals surface area (Å²) in [5.41, 5.74) is 3.37. The maximum Gasteiger partial charge on any atom is 0.333 e. The molecule has 36 heavy (non-hydrogen) atoms. The van der Waals surface area contributed by atoms with Crippen molar-refractivity contribution in [2.45, 2.75) is 105 Å². The summed E-state index contributed by atoms with van der Waals surface area (Å²) in [6, 6.07) is 0. The number of ether oxygens (including phenoxy) is 1. The largest absolute Gasteiger partial charge is 0.458 e. The molecule has 0 saturated heterocycles. The van der Waals surface area contributed by atoms with E-state index in [-0.39, 0.29) is 48.0 Å². The molecule has 4 aliphatic rings. The second-order valence-corrected chi connectivity index (χ2v) is 13.4. The van der Waals surface area contributed by atoms with Gasteiger partial charge in [0.05, 0.1) is 6.10 Å². The Morgan fingerprint density at radius 2 is 1.94 bits per heavy atom. The summed E-state index contributed by atoms with van der Waals surface area (Å²) < 4.78 is 6.05. The van der Waals surface area contributed by atoms with Crippen molar-refractivity contribution in [3.63, 3.8) is 0 Å². The van der Waals surface area contributed by atoms with E-state index in [0.29, 0.717) is 41.6 Å². The lowest BCUT2D eigenvalue weighted by molar-refractivity contribution is -0.150. The topological polar surface area (TPSA) is 66.8 Å². The van der Waals surface area contributed by atoms with Gasteiger partial charge in [-0.3, -0.25) is 0 Å². The van der Waals surface area contributed by atoms with Crippen LogP contribution in [0, 0.1) is 46.3 Å². The minimum absolute atomic E-state index is 0.0910. The van der Waals surface area contributed by atoms with Crippen molar-refractivity contribution in [1.82, 2.24) is 0 Å². The fourth-order valence-electron chi connectivity index (χ4n) is 9.37. The number of fused-ring (bicyclic) bond motifs is 5. The number of esters is 1. The minimum Gasteiger partial charge on any atom is -0.458 e. The van der Waals surface area contributed by atoms with Gasteiger partial charge >= 0.3 is 5.97 Å². The first-order chi connectivity index (χ1) is 16.9. The fraction of sp³-hybridized carbons (Fsp3) is 0.781. The molecule has 4 heteroatoms. The highest BCUT2D eigenvalue weighted by Crippen LogP contribution is 2.68. The van der Waals surface area contributed by atoms with Crippen LogP contribution in [0.2, 0.25) is 0 Å². The van der Waals surface area contributed by atoms with Crippen LogP contribution in [-0.4, -0.2) is 35.0 Å². The third-order valence-electron chi connectivity index (χ3n) is 11.4. The molecule has 0 aromatic rings. The maximum atomic E-state index is 12.7. The third kappa shape index (κ3) is 4.66. The van der Waals surface area contributed by atoms with E-state index >= 15 is 0 Å². The molecule has 4 rings (SSSR count). The molecule has 0 aromatic heterocycles. The van der Waals surface area contributed by atoms with Crippen LogP contribution in [0.15, 0.2) is 36.0 Å². The zero-order chi connectivity index (χ0) is 26.4. The van der Waals surface area contributed by atoms with Gasteiger partial charge in [-0.15, -0.1) is 6.58 Å². The Bertz CT molecular complexity index is 904. The van der Waals surface area contributed by atoms with E-state index in [4.69, 9.17) is 4.74 Å². The molecule has 4 aliphatic carbocycles. The molecular weight excluding hydrogens is 448 g/mol. The lowest BCUT2D eigenvalue weighted by atomic mass is 9.45. The van der Waals surface area contributed by atoms with Gasteiger partial charge in [-0.2, -0.15) is 0 Å². The molecule has 0 heterocycles.